The Morgan fingerprint density at radius 3 is 2.67 bits per heavy atom. The number of hydrogen-bond donors (Lipinski definition) is 2. The molecular formula is C13H24N2O5S. The minimum Gasteiger partial charge on any atom is -0.481 e. The maximum atomic E-state index is 12.1. The summed E-state index contributed by atoms with van der Waals surface area (Å²) in [5.74, 6) is -0.869. The predicted molar refractivity (Wildman–Crippen MR) is 78.9 cm³/mol. The molecule has 1 aliphatic heterocycles. The number of nitrogens with zero attached hydrogens (tertiary/aromatic N) is 1. The van der Waals surface area contributed by atoms with Gasteiger partial charge in [0.15, 0.2) is 9.84 Å². The molecule has 2 N–H and O–H groups in total. The van der Waals surface area contributed by atoms with Gasteiger partial charge in [-0.3, -0.25) is 4.79 Å². The highest BCUT2D eigenvalue weighted by molar-refractivity contribution is 7.91. The average molecular weight is 320 g/mol. The Balaban J connectivity index is 2.47. The molecule has 122 valence electrons. The van der Waals surface area contributed by atoms with Gasteiger partial charge in [-0.05, 0) is 25.7 Å². The first-order valence-corrected chi connectivity index (χ1v) is 9.14. The molecule has 8 heteroatoms. The number of nitrogens with one attached hydrogen (secondary N) is 1. The van der Waals surface area contributed by atoms with Crippen LogP contribution in [0.5, 0.6) is 0 Å². The Labute approximate surface area is 125 Å². The minimum atomic E-state index is -3.09. The number of carbonyl (C=O) groups is 2. The second-order valence-corrected chi connectivity index (χ2v) is 7.72. The summed E-state index contributed by atoms with van der Waals surface area (Å²) < 4.78 is 22.7. The van der Waals surface area contributed by atoms with Gasteiger partial charge in [-0.1, -0.05) is 6.92 Å². The number of sulfone groups is 1. The van der Waals surface area contributed by atoms with E-state index in [4.69, 9.17) is 5.11 Å². The van der Waals surface area contributed by atoms with Crippen molar-refractivity contribution in [2.45, 2.75) is 45.1 Å². The number of hydrogen-bond acceptors (Lipinski definition) is 4. The zero-order chi connectivity index (χ0) is 15.9. The lowest BCUT2D eigenvalue weighted by Crippen LogP contribution is -2.49. The van der Waals surface area contributed by atoms with Crippen molar-refractivity contribution in [3.8, 4) is 0 Å². The van der Waals surface area contributed by atoms with E-state index >= 15 is 0 Å². The third-order valence-electron chi connectivity index (χ3n) is 3.71. The summed E-state index contributed by atoms with van der Waals surface area (Å²) in [6, 6.07) is -0.367. The number of aliphatic carboxylic acids is 1. The predicted octanol–water partition coefficient (Wildman–Crippen LogP) is 0.850. The highest BCUT2D eigenvalue weighted by atomic mass is 32.2. The Morgan fingerprint density at radius 1 is 1.33 bits per heavy atom. The van der Waals surface area contributed by atoms with Gasteiger partial charge in [0, 0.05) is 31.3 Å². The summed E-state index contributed by atoms with van der Waals surface area (Å²) >= 11 is 0. The Kier molecular flexibility index (Phi) is 6.94. The van der Waals surface area contributed by atoms with E-state index in [0.717, 1.165) is 19.3 Å². The molecule has 0 aromatic carbocycles. The van der Waals surface area contributed by atoms with E-state index in [1.807, 2.05) is 0 Å². The standard InChI is InChI=1S/C13H24N2O5S/c1-2-21(19,20)10-8-14-13(18)15-9-4-3-5-11(15)6-7-12(16)17/h11H,2-10H2,1H3,(H,14,18)(H,16,17). The summed E-state index contributed by atoms with van der Waals surface area (Å²) in [6.45, 7) is 2.26. The summed E-state index contributed by atoms with van der Waals surface area (Å²) in [5.41, 5.74) is 0. The van der Waals surface area contributed by atoms with Gasteiger partial charge in [-0.25, -0.2) is 13.2 Å². The Hall–Kier alpha value is -1.31. The first kappa shape index (κ1) is 17.7. The molecule has 1 aliphatic rings. The number of urea groups is 1. The molecule has 1 unspecified atom stereocenters. The van der Waals surface area contributed by atoms with E-state index in [9.17, 15) is 18.0 Å². The smallest absolute Gasteiger partial charge is 0.317 e. The third-order valence-corrected chi connectivity index (χ3v) is 5.41. The molecular weight excluding hydrogens is 296 g/mol. The average Bonchev–Trinajstić information content (AvgIpc) is 2.45. The van der Waals surface area contributed by atoms with E-state index in [0.29, 0.717) is 13.0 Å². The van der Waals surface area contributed by atoms with E-state index in [2.05, 4.69) is 5.32 Å². The van der Waals surface area contributed by atoms with E-state index in [1.165, 1.54) is 0 Å². The minimum absolute atomic E-state index is 0.0403. The van der Waals surface area contributed by atoms with E-state index < -0.39 is 15.8 Å². The number of rotatable bonds is 7. The summed E-state index contributed by atoms with van der Waals surface area (Å²) in [4.78, 5) is 24.4. The maximum Gasteiger partial charge on any atom is 0.317 e. The number of carboxylic acid groups (broad SMARTS) is 1. The molecule has 7 nitrogen and oxygen atoms in total. The highest BCUT2D eigenvalue weighted by Crippen LogP contribution is 2.20. The van der Waals surface area contributed by atoms with Crippen molar-refractivity contribution in [3.63, 3.8) is 0 Å². The largest absolute Gasteiger partial charge is 0.481 e. The quantitative estimate of drug-likeness (QED) is 0.724. The molecule has 0 radical (unpaired) electrons. The monoisotopic (exact) mass is 320 g/mol. The van der Waals surface area contributed by atoms with Crippen molar-refractivity contribution < 1.29 is 23.1 Å². The fourth-order valence-electron chi connectivity index (χ4n) is 2.42. The lowest BCUT2D eigenvalue weighted by molar-refractivity contribution is -0.137. The number of piperidine rings is 1. The lowest BCUT2D eigenvalue weighted by Gasteiger charge is -2.35. The molecule has 0 spiro atoms. The van der Waals surface area contributed by atoms with Crippen LogP contribution in [-0.4, -0.2) is 61.1 Å². The fraction of sp³-hybridized carbons (Fsp3) is 0.846. The molecule has 0 saturated carbocycles. The molecule has 0 bridgehead atoms. The molecule has 1 fully saturated rings. The molecule has 1 rings (SSSR count). The van der Waals surface area contributed by atoms with Crippen LogP contribution in [0, 0.1) is 0 Å². The topological polar surface area (TPSA) is 104 Å². The molecule has 21 heavy (non-hydrogen) atoms. The van der Waals surface area contributed by atoms with Crippen molar-refractivity contribution >= 4 is 21.8 Å². The van der Waals surface area contributed by atoms with Crippen LogP contribution in [0.25, 0.3) is 0 Å². The van der Waals surface area contributed by atoms with Gasteiger partial charge >= 0.3 is 12.0 Å². The first-order chi connectivity index (χ1) is 9.85. The van der Waals surface area contributed by atoms with Gasteiger partial charge in [0.2, 0.25) is 0 Å². The summed E-state index contributed by atoms with van der Waals surface area (Å²) in [7, 11) is -3.09. The van der Waals surface area contributed by atoms with Crippen LogP contribution in [0.2, 0.25) is 0 Å². The van der Waals surface area contributed by atoms with Crippen molar-refractivity contribution in [1.82, 2.24) is 10.2 Å². The number of carbonyl (C=O) groups excluding carboxylic acids is 1. The summed E-state index contributed by atoms with van der Waals surface area (Å²) in [5, 5.41) is 11.4. The van der Waals surface area contributed by atoms with Crippen molar-refractivity contribution in [2.75, 3.05) is 24.6 Å². The molecule has 0 aliphatic carbocycles. The van der Waals surface area contributed by atoms with Crippen LogP contribution < -0.4 is 5.32 Å². The van der Waals surface area contributed by atoms with E-state index in [1.54, 1.807) is 11.8 Å². The molecule has 2 amide bonds. The Bertz CT molecular complexity index is 463. The molecule has 1 atom stereocenters. The lowest BCUT2D eigenvalue weighted by atomic mass is 9.98. The summed E-state index contributed by atoms with van der Waals surface area (Å²) in [6.07, 6.45) is 3.16. The van der Waals surface area contributed by atoms with Crippen molar-refractivity contribution in [1.29, 1.82) is 0 Å². The van der Waals surface area contributed by atoms with Gasteiger partial charge in [-0.15, -0.1) is 0 Å². The van der Waals surface area contributed by atoms with Gasteiger partial charge in [0.25, 0.3) is 0 Å². The van der Waals surface area contributed by atoms with Gasteiger partial charge in [0.05, 0.1) is 5.75 Å². The number of likely N-dealkylation sites (tertiary alicyclic amines) is 1. The molecule has 0 aromatic rings. The molecule has 1 heterocycles. The number of amides is 2. The third kappa shape index (κ3) is 6.33. The van der Waals surface area contributed by atoms with Crippen LogP contribution in [0.15, 0.2) is 0 Å². The van der Waals surface area contributed by atoms with Crippen LogP contribution >= 0.6 is 0 Å². The van der Waals surface area contributed by atoms with Crippen molar-refractivity contribution in [2.24, 2.45) is 0 Å². The van der Waals surface area contributed by atoms with Gasteiger partial charge < -0.3 is 15.3 Å². The SMILES string of the molecule is CCS(=O)(=O)CCNC(=O)N1CCCCC1CCC(=O)O. The molecule has 0 aromatic heterocycles. The van der Waals surface area contributed by atoms with Gasteiger partial charge in [-0.2, -0.15) is 0 Å². The van der Waals surface area contributed by atoms with Crippen LogP contribution in [-0.2, 0) is 14.6 Å². The van der Waals surface area contributed by atoms with Crippen LogP contribution in [0.4, 0.5) is 4.79 Å². The number of carboxylic acids is 1. The Morgan fingerprint density at radius 2 is 2.05 bits per heavy atom. The van der Waals surface area contributed by atoms with Crippen LogP contribution in [0.3, 0.4) is 0 Å². The first-order valence-electron chi connectivity index (χ1n) is 7.32. The maximum absolute atomic E-state index is 12.1. The second kappa shape index (κ2) is 8.21. The van der Waals surface area contributed by atoms with Gasteiger partial charge in [0.1, 0.15) is 0 Å². The highest BCUT2D eigenvalue weighted by Gasteiger charge is 2.26. The van der Waals surface area contributed by atoms with E-state index in [-0.39, 0.29) is 36.5 Å². The molecule has 1 saturated heterocycles. The second-order valence-electron chi connectivity index (χ2n) is 5.24. The normalized spacial score (nSPS) is 19.3. The van der Waals surface area contributed by atoms with Crippen LogP contribution in [0.1, 0.15) is 39.0 Å². The zero-order valence-electron chi connectivity index (χ0n) is 12.4. The fourth-order valence-corrected chi connectivity index (χ4v) is 3.12. The zero-order valence-corrected chi connectivity index (χ0v) is 13.2. The van der Waals surface area contributed by atoms with Crippen molar-refractivity contribution in [3.05, 3.63) is 0 Å².